The van der Waals surface area contributed by atoms with Crippen LogP contribution in [0.2, 0.25) is 0 Å². The highest BCUT2D eigenvalue weighted by atomic mass is 79.9. The summed E-state index contributed by atoms with van der Waals surface area (Å²) in [5.41, 5.74) is 5.00. The molecule has 0 fully saturated rings. The molecule has 0 amide bonds. The van der Waals surface area contributed by atoms with Crippen LogP contribution in [0.15, 0.2) is 16.6 Å². The zero-order valence-corrected chi connectivity index (χ0v) is 10.7. The maximum atomic E-state index is 12.5. The van der Waals surface area contributed by atoms with Crippen molar-refractivity contribution in [2.75, 3.05) is 14.2 Å². The molecule has 1 rings (SSSR count). The average Bonchev–Trinajstić information content (AvgIpc) is 2.27. The highest BCUT2D eigenvalue weighted by molar-refractivity contribution is 9.10. The summed E-state index contributed by atoms with van der Waals surface area (Å²) in [7, 11) is 2.70. The van der Waals surface area contributed by atoms with Crippen LogP contribution in [0.3, 0.4) is 0 Å². The van der Waals surface area contributed by atoms with Crippen molar-refractivity contribution in [2.45, 2.75) is 12.2 Å². The van der Waals surface area contributed by atoms with Gasteiger partial charge in [-0.1, -0.05) is 0 Å². The largest absolute Gasteiger partial charge is 0.495 e. The highest BCUT2D eigenvalue weighted by Gasteiger charge is 2.38. The lowest BCUT2D eigenvalue weighted by atomic mass is 10.1. The van der Waals surface area contributed by atoms with Crippen molar-refractivity contribution in [1.29, 1.82) is 0 Å². The van der Waals surface area contributed by atoms with Gasteiger partial charge in [-0.05, 0) is 33.6 Å². The molecule has 7 heteroatoms. The van der Waals surface area contributed by atoms with Crippen LogP contribution in [0.1, 0.15) is 11.6 Å². The average molecular weight is 314 g/mol. The molecule has 0 bridgehead atoms. The van der Waals surface area contributed by atoms with E-state index in [-0.39, 0.29) is 17.1 Å². The van der Waals surface area contributed by atoms with E-state index in [1.165, 1.54) is 26.4 Å². The van der Waals surface area contributed by atoms with Crippen molar-refractivity contribution in [3.05, 3.63) is 22.2 Å². The quantitative estimate of drug-likeness (QED) is 0.933. The minimum absolute atomic E-state index is 0.116. The Bertz CT molecular complexity index is 384. The summed E-state index contributed by atoms with van der Waals surface area (Å²) in [5, 5.41) is 0. The van der Waals surface area contributed by atoms with Crippen LogP contribution < -0.4 is 15.2 Å². The van der Waals surface area contributed by atoms with Crippen LogP contribution in [-0.4, -0.2) is 20.4 Å². The van der Waals surface area contributed by atoms with Gasteiger partial charge in [0.05, 0.1) is 14.2 Å². The number of hydrogen-bond donors (Lipinski definition) is 1. The van der Waals surface area contributed by atoms with E-state index in [1.807, 2.05) is 0 Å². The fraction of sp³-hybridized carbons (Fsp3) is 0.400. The van der Waals surface area contributed by atoms with E-state index in [2.05, 4.69) is 15.9 Å². The van der Waals surface area contributed by atoms with Crippen LogP contribution >= 0.6 is 15.9 Å². The van der Waals surface area contributed by atoms with E-state index < -0.39 is 12.2 Å². The van der Waals surface area contributed by atoms with Crippen LogP contribution in [0.5, 0.6) is 11.5 Å². The number of alkyl halides is 3. The predicted molar refractivity (Wildman–Crippen MR) is 60.2 cm³/mol. The number of halogens is 4. The molecule has 0 radical (unpaired) electrons. The van der Waals surface area contributed by atoms with Crippen molar-refractivity contribution >= 4 is 15.9 Å². The van der Waals surface area contributed by atoms with E-state index in [1.54, 1.807) is 0 Å². The van der Waals surface area contributed by atoms with Crippen molar-refractivity contribution < 1.29 is 22.6 Å². The Kier molecular flexibility index (Phi) is 4.26. The molecule has 3 nitrogen and oxygen atoms in total. The first-order valence-corrected chi connectivity index (χ1v) is 5.34. The minimum atomic E-state index is -4.51. The maximum Gasteiger partial charge on any atom is 0.407 e. The van der Waals surface area contributed by atoms with E-state index in [0.29, 0.717) is 4.47 Å². The standard InChI is InChI=1S/C10H11BrF3NO2/c1-16-6-3-5(9(15)10(12,13)14)4-7(17-2)8(6)11/h3-4,9H,15H2,1-2H3/t9-/m0/s1. The molecule has 0 unspecified atom stereocenters. The molecule has 0 saturated heterocycles. The van der Waals surface area contributed by atoms with Gasteiger partial charge in [0.15, 0.2) is 0 Å². The Hall–Kier alpha value is -0.950. The first-order chi connectivity index (χ1) is 7.81. The molecule has 96 valence electrons. The number of hydrogen-bond acceptors (Lipinski definition) is 3. The van der Waals surface area contributed by atoms with Crippen LogP contribution in [0, 0.1) is 0 Å². The third-order valence-corrected chi connectivity index (χ3v) is 2.96. The Morgan fingerprint density at radius 1 is 1.18 bits per heavy atom. The second kappa shape index (κ2) is 5.14. The molecule has 0 aromatic heterocycles. The summed E-state index contributed by atoms with van der Waals surface area (Å²) >= 11 is 3.16. The Morgan fingerprint density at radius 2 is 1.59 bits per heavy atom. The molecule has 0 aliphatic heterocycles. The minimum Gasteiger partial charge on any atom is -0.495 e. The predicted octanol–water partition coefficient (Wildman–Crippen LogP) is 3.03. The maximum absolute atomic E-state index is 12.5. The van der Waals surface area contributed by atoms with Crippen LogP contribution in [0.25, 0.3) is 0 Å². The summed E-state index contributed by atoms with van der Waals surface area (Å²) in [6.07, 6.45) is -4.51. The number of methoxy groups -OCH3 is 2. The summed E-state index contributed by atoms with van der Waals surface area (Å²) in [5.74, 6) is 0.470. The fourth-order valence-corrected chi connectivity index (χ4v) is 1.81. The second-order valence-electron chi connectivity index (χ2n) is 3.26. The molecule has 0 heterocycles. The van der Waals surface area contributed by atoms with Crippen LogP contribution in [-0.2, 0) is 0 Å². The summed E-state index contributed by atoms with van der Waals surface area (Å²) in [4.78, 5) is 0. The molecule has 0 aliphatic rings. The van der Waals surface area contributed by atoms with Gasteiger partial charge in [-0.3, -0.25) is 0 Å². The topological polar surface area (TPSA) is 44.5 Å². The zero-order valence-electron chi connectivity index (χ0n) is 9.14. The SMILES string of the molecule is COc1cc([C@H](N)C(F)(F)F)cc(OC)c1Br. The lowest BCUT2D eigenvalue weighted by Gasteiger charge is -2.18. The molecule has 2 N–H and O–H groups in total. The number of nitrogens with two attached hydrogens (primary N) is 1. The molecule has 0 saturated carbocycles. The third kappa shape index (κ3) is 3.04. The van der Waals surface area contributed by atoms with Crippen molar-refractivity contribution in [1.82, 2.24) is 0 Å². The number of rotatable bonds is 3. The Morgan fingerprint density at radius 3 is 1.88 bits per heavy atom. The van der Waals surface area contributed by atoms with Crippen molar-refractivity contribution in [2.24, 2.45) is 5.73 Å². The van der Waals surface area contributed by atoms with E-state index in [0.717, 1.165) is 0 Å². The first kappa shape index (κ1) is 14.1. The molecule has 1 atom stereocenters. The smallest absolute Gasteiger partial charge is 0.407 e. The van der Waals surface area contributed by atoms with Gasteiger partial charge in [0.25, 0.3) is 0 Å². The van der Waals surface area contributed by atoms with Gasteiger partial charge in [0.2, 0.25) is 0 Å². The zero-order chi connectivity index (χ0) is 13.2. The molecular weight excluding hydrogens is 303 g/mol. The van der Waals surface area contributed by atoms with Crippen molar-refractivity contribution in [3.8, 4) is 11.5 Å². The molecule has 0 aliphatic carbocycles. The molecule has 17 heavy (non-hydrogen) atoms. The lowest BCUT2D eigenvalue weighted by Crippen LogP contribution is -2.28. The third-order valence-electron chi connectivity index (χ3n) is 2.18. The van der Waals surface area contributed by atoms with Gasteiger partial charge in [0.1, 0.15) is 22.0 Å². The van der Waals surface area contributed by atoms with Gasteiger partial charge in [0, 0.05) is 0 Å². The van der Waals surface area contributed by atoms with E-state index in [4.69, 9.17) is 15.2 Å². The van der Waals surface area contributed by atoms with Gasteiger partial charge < -0.3 is 15.2 Å². The van der Waals surface area contributed by atoms with Gasteiger partial charge in [-0.15, -0.1) is 0 Å². The molecule has 1 aromatic rings. The van der Waals surface area contributed by atoms with Crippen LogP contribution in [0.4, 0.5) is 13.2 Å². The highest BCUT2D eigenvalue weighted by Crippen LogP contribution is 2.40. The first-order valence-electron chi connectivity index (χ1n) is 4.55. The van der Waals surface area contributed by atoms with E-state index >= 15 is 0 Å². The number of ether oxygens (including phenoxy) is 2. The van der Waals surface area contributed by atoms with Crippen molar-refractivity contribution in [3.63, 3.8) is 0 Å². The fourth-order valence-electron chi connectivity index (χ4n) is 1.26. The Labute approximate surface area is 105 Å². The molecule has 1 aromatic carbocycles. The van der Waals surface area contributed by atoms with E-state index in [9.17, 15) is 13.2 Å². The second-order valence-corrected chi connectivity index (χ2v) is 4.05. The number of benzene rings is 1. The molecule has 0 spiro atoms. The van der Waals surface area contributed by atoms with Gasteiger partial charge >= 0.3 is 6.18 Å². The Balaban J connectivity index is 3.27. The normalized spacial score (nSPS) is 13.4. The summed E-state index contributed by atoms with van der Waals surface area (Å²) in [6.45, 7) is 0. The monoisotopic (exact) mass is 313 g/mol. The summed E-state index contributed by atoms with van der Waals surface area (Å²) < 4.78 is 47.8. The lowest BCUT2D eigenvalue weighted by molar-refractivity contribution is -0.149. The van der Waals surface area contributed by atoms with Gasteiger partial charge in [-0.25, -0.2) is 0 Å². The molecular formula is C10H11BrF3NO2. The summed E-state index contributed by atoms with van der Waals surface area (Å²) in [6, 6.07) is 0.383. The van der Waals surface area contributed by atoms with Gasteiger partial charge in [-0.2, -0.15) is 13.2 Å².